The van der Waals surface area contributed by atoms with Crippen LogP contribution in [-0.2, 0) is 4.79 Å². The van der Waals surface area contributed by atoms with Crippen molar-refractivity contribution in [2.24, 2.45) is 11.3 Å². The van der Waals surface area contributed by atoms with Crippen molar-refractivity contribution in [1.82, 2.24) is 15.5 Å². The van der Waals surface area contributed by atoms with Gasteiger partial charge in [-0.1, -0.05) is 30.1 Å². The van der Waals surface area contributed by atoms with Gasteiger partial charge in [-0.2, -0.15) is 0 Å². The van der Waals surface area contributed by atoms with E-state index in [9.17, 15) is 9.59 Å². The molecular weight excluding hydrogens is 397 g/mol. The third kappa shape index (κ3) is 5.19. The number of nitrogens with zero attached hydrogens (tertiary/aromatic N) is 1. The van der Waals surface area contributed by atoms with E-state index >= 15 is 0 Å². The second kappa shape index (κ2) is 8.21. The van der Waals surface area contributed by atoms with Crippen molar-refractivity contribution < 1.29 is 9.59 Å². The molecule has 1 aromatic carbocycles. The maximum atomic E-state index is 12.3. The van der Waals surface area contributed by atoms with E-state index in [-0.39, 0.29) is 17.4 Å². The quantitative estimate of drug-likeness (QED) is 0.699. The fourth-order valence-electron chi connectivity index (χ4n) is 4.31. The molecule has 0 radical (unpaired) electrons. The summed E-state index contributed by atoms with van der Waals surface area (Å²) < 4.78 is 0. The average Bonchev–Trinajstić information content (AvgIpc) is 2.53. The van der Waals surface area contributed by atoms with E-state index in [1.807, 2.05) is 13.8 Å². The first kappa shape index (κ1) is 21.4. The Morgan fingerprint density at radius 2 is 1.79 bits per heavy atom. The summed E-state index contributed by atoms with van der Waals surface area (Å²) in [5.74, 6) is 0.453. The van der Waals surface area contributed by atoms with Gasteiger partial charge in [-0.05, 0) is 62.6 Å². The van der Waals surface area contributed by atoms with Crippen molar-refractivity contribution in [1.29, 1.82) is 0 Å². The fourth-order valence-corrected chi connectivity index (χ4v) is 4.84. The Morgan fingerprint density at radius 3 is 2.36 bits per heavy atom. The lowest BCUT2D eigenvalue weighted by Gasteiger charge is -2.59. The van der Waals surface area contributed by atoms with Gasteiger partial charge in [0.25, 0.3) is 5.91 Å². The molecule has 0 unspecified atom stereocenters. The summed E-state index contributed by atoms with van der Waals surface area (Å²) in [5.41, 5.74) is 0.685. The number of carbonyl (C=O) groups is 2. The number of hydrogen-bond acceptors (Lipinski definition) is 3. The third-order valence-corrected chi connectivity index (χ3v) is 6.40. The van der Waals surface area contributed by atoms with Crippen LogP contribution in [0.3, 0.4) is 0 Å². The lowest BCUT2D eigenvalue weighted by molar-refractivity contribution is -0.133. The van der Waals surface area contributed by atoms with Gasteiger partial charge in [0.2, 0.25) is 5.91 Å². The molecule has 0 atom stereocenters. The Kier molecular flexibility index (Phi) is 6.28. The minimum absolute atomic E-state index is 0.102. The SMILES string of the molecule is CCC(C)(C)NC(=O)CN1CC2(CC(CNC(=O)c3cc(Cl)cc(Cl)c3)C2)C1. The number of hydrogen-bond donors (Lipinski definition) is 2. The molecule has 1 spiro atoms. The smallest absolute Gasteiger partial charge is 0.251 e. The van der Waals surface area contributed by atoms with Crippen LogP contribution in [0.5, 0.6) is 0 Å². The molecule has 5 nitrogen and oxygen atoms in total. The first-order valence-electron chi connectivity index (χ1n) is 9.87. The molecule has 0 aromatic heterocycles. The number of rotatable bonds is 7. The zero-order valence-electron chi connectivity index (χ0n) is 16.8. The van der Waals surface area contributed by atoms with Crippen LogP contribution in [0.1, 0.15) is 50.4 Å². The first-order chi connectivity index (χ1) is 13.1. The number of benzene rings is 1. The van der Waals surface area contributed by atoms with Gasteiger partial charge in [-0.15, -0.1) is 0 Å². The van der Waals surface area contributed by atoms with Gasteiger partial charge in [-0.3, -0.25) is 14.5 Å². The minimum atomic E-state index is -0.146. The predicted octanol–water partition coefficient (Wildman–Crippen LogP) is 3.74. The summed E-state index contributed by atoms with van der Waals surface area (Å²) in [4.78, 5) is 26.6. The Labute approximate surface area is 177 Å². The molecule has 2 amide bonds. The van der Waals surface area contributed by atoms with Crippen LogP contribution in [0.4, 0.5) is 0 Å². The second-order valence-electron chi connectivity index (χ2n) is 9.07. The van der Waals surface area contributed by atoms with E-state index in [2.05, 4.69) is 22.5 Å². The lowest BCUT2D eigenvalue weighted by atomic mass is 9.57. The maximum absolute atomic E-state index is 12.3. The summed E-state index contributed by atoms with van der Waals surface area (Å²) in [5, 5.41) is 6.99. The maximum Gasteiger partial charge on any atom is 0.251 e. The molecule has 2 aliphatic rings. The van der Waals surface area contributed by atoms with E-state index in [4.69, 9.17) is 23.2 Å². The molecule has 2 N–H and O–H groups in total. The molecule has 2 fully saturated rings. The van der Waals surface area contributed by atoms with E-state index in [1.54, 1.807) is 18.2 Å². The molecule has 1 saturated carbocycles. The highest BCUT2D eigenvalue weighted by molar-refractivity contribution is 6.35. The molecule has 1 aliphatic carbocycles. The summed E-state index contributed by atoms with van der Waals surface area (Å²) in [7, 11) is 0. The minimum Gasteiger partial charge on any atom is -0.352 e. The highest BCUT2D eigenvalue weighted by atomic mass is 35.5. The number of amides is 2. The topological polar surface area (TPSA) is 61.4 Å². The highest BCUT2D eigenvalue weighted by Crippen LogP contribution is 2.51. The molecule has 3 rings (SSSR count). The normalized spacial score (nSPS) is 19.0. The van der Waals surface area contributed by atoms with Crippen molar-refractivity contribution in [3.8, 4) is 0 Å². The van der Waals surface area contributed by atoms with Crippen LogP contribution in [0.2, 0.25) is 10.0 Å². The van der Waals surface area contributed by atoms with E-state index in [0.29, 0.717) is 40.0 Å². The van der Waals surface area contributed by atoms with E-state index in [0.717, 1.165) is 32.4 Å². The molecule has 1 saturated heterocycles. The van der Waals surface area contributed by atoms with Gasteiger partial charge in [-0.25, -0.2) is 0 Å². The summed E-state index contributed by atoms with van der Waals surface area (Å²) >= 11 is 11.9. The zero-order valence-corrected chi connectivity index (χ0v) is 18.3. The van der Waals surface area contributed by atoms with Crippen molar-refractivity contribution >= 4 is 35.0 Å². The monoisotopic (exact) mass is 425 g/mol. The van der Waals surface area contributed by atoms with Crippen LogP contribution < -0.4 is 10.6 Å². The van der Waals surface area contributed by atoms with Crippen molar-refractivity contribution in [3.05, 3.63) is 33.8 Å². The Bertz CT molecular complexity index is 732. The zero-order chi connectivity index (χ0) is 20.5. The molecular formula is C21H29Cl2N3O2. The van der Waals surface area contributed by atoms with Crippen LogP contribution >= 0.6 is 23.2 Å². The highest BCUT2D eigenvalue weighted by Gasteiger charge is 2.52. The van der Waals surface area contributed by atoms with Gasteiger partial charge in [0.05, 0.1) is 6.54 Å². The molecule has 1 heterocycles. The second-order valence-corrected chi connectivity index (χ2v) is 9.95. The fraction of sp³-hybridized carbons (Fsp3) is 0.619. The standard InChI is InChI=1S/C21H29Cl2N3O2/c1-4-20(2,3)25-18(27)11-26-12-21(13-26)8-14(9-21)10-24-19(28)15-5-16(22)7-17(23)6-15/h5-7,14H,4,8-13H2,1-3H3,(H,24,28)(H,25,27). The van der Waals surface area contributed by atoms with Crippen molar-refractivity contribution in [2.45, 2.75) is 45.6 Å². The average molecular weight is 426 g/mol. The van der Waals surface area contributed by atoms with Crippen LogP contribution in [-0.4, -0.2) is 48.4 Å². The third-order valence-electron chi connectivity index (χ3n) is 5.97. The first-order valence-corrected chi connectivity index (χ1v) is 10.6. The molecule has 1 aliphatic heterocycles. The number of carbonyl (C=O) groups excluding carboxylic acids is 2. The van der Waals surface area contributed by atoms with Crippen molar-refractivity contribution in [2.75, 3.05) is 26.2 Å². The van der Waals surface area contributed by atoms with Gasteiger partial charge in [0, 0.05) is 40.8 Å². The number of halogens is 2. The largest absolute Gasteiger partial charge is 0.352 e. The Hall–Kier alpha value is -1.30. The molecule has 7 heteroatoms. The summed E-state index contributed by atoms with van der Waals surface area (Å²) in [6.07, 6.45) is 3.11. The van der Waals surface area contributed by atoms with Gasteiger partial charge < -0.3 is 10.6 Å². The van der Waals surface area contributed by atoms with Crippen LogP contribution in [0.15, 0.2) is 18.2 Å². The Balaban J connectivity index is 1.36. The van der Waals surface area contributed by atoms with Crippen LogP contribution in [0.25, 0.3) is 0 Å². The molecule has 0 bridgehead atoms. The number of likely N-dealkylation sites (tertiary alicyclic amines) is 1. The van der Waals surface area contributed by atoms with Crippen LogP contribution in [0, 0.1) is 11.3 Å². The lowest BCUT2D eigenvalue weighted by Crippen LogP contribution is -2.65. The number of nitrogens with one attached hydrogen (secondary N) is 2. The van der Waals surface area contributed by atoms with E-state index < -0.39 is 0 Å². The van der Waals surface area contributed by atoms with Gasteiger partial charge >= 0.3 is 0 Å². The van der Waals surface area contributed by atoms with E-state index in [1.165, 1.54) is 0 Å². The summed E-state index contributed by atoms with van der Waals surface area (Å²) in [6.45, 7) is 9.25. The Morgan fingerprint density at radius 1 is 1.18 bits per heavy atom. The van der Waals surface area contributed by atoms with Gasteiger partial charge in [0.1, 0.15) is 0 Å². The molecule has 28 heavy (non-hydrogen) atoms. The molecule has 154 valence electrons. The van der Waals surface area contributed by atoms with Crippen molar-refractivity contribution in [3.63, 3.8) is 0 Å². The summed E-state index contributed by atoms with van der Waals surface area (Å²) in [6, 6.07) is 4.86. The van der Waals surface area contributed by atoms with Gasteiger partial charge in [0.15, 0.2) is 0 Å². The predicted molar refractivity (Wildman–Crippen MR) is 113 cm³/mol. The molecule has 1 aromatic rings.